The number of hydrogen-bond acceptors (Lipinski definition) is 5. The molecule has 0 aliphatic carbocycles. The molecule has 2 aromatic rings. The molecule has 0 atom stereocenters. The molecule has 6 heteroatoms. The SMILES string of the molecule is COc1ccc(C(=O)OCC(=O)c2cc(C)n(C)c2C)c(OC)c1. The molecule has 1 aromatic heterocycles. The minimum absolute atomic E-state index is 0.239. The maximum Gasteiger partial charge on any atom is 0.342 e. The Balaban J connectivity index is 2.10. The number of Topliss-reactive ketones (excluding diaryl/α,β-unsaturated/α-hetero) is 1. The van der Waals surface area contributed by atoms with Gasteiger partial charge in [0.1, 0.15) is 17.1 Å². The molecular weight excluding hydrogens is 310 g/mol. The Kier molecular flexibility index (Phi) is 5.28. The Morgan fingerprint density at radius 2 is 1.75 bits per heavy atom. The first-order valence-corrected chi connectivity index (χ1v) is 7.44. The number of esters is 1. The second kappa shape index (κ2) is 7.21. The average molecular weight is 331 g/mol. The topological polar surface area (TPSA) is 66.8 Å². The van der Waals surface area contributed by atoms with Crippen LogP contribution in [0.15, 0.2) is 24.3 Å². The standard InChI is InChI=1S/C18H21NO5/c1-11-8-15(12(2)19(11)3)16(20)10-24-18(21)14-7-6-13(22-4)9-17(14)23-5/h6-9H,10H2,1-5H3. The maximum atomic E-state index is 12.3. The average Bonchev–Trinajstić information content (AvgIpc) is 2.86. The fraction of sp³-hybridized carbons (Fsp3) is 0.333. The van der Waals surface area contributed by atoms with E-state index in [1.807, 2.05) is 25.5 Å². The lowest BCUT2D eigenvalue weighted by Crippen LogP contribution is -2.15. The minimum Gasteiger partial charge on any atom is -0.497 e. The summed E-state index contributed by atoms with van der Waals surface area (Å²) < 4.78 is 17.3. The fourth-order valence-electron chi connectivity index (χ4n) is 2.39. The molecule has 128 valence electrons. The van der Waals surface area contributed by atoms with Crippen molar-refractivity contribution in [3.63, 3.8) is 0 Å². The zero-order valence-electron chi connectivity index (χ0n) is 14.5. The van der Waals surface area contributed by atoms with Crippen molar-refractivity contribution in [2.24, 2.45) is 7.05 Å². The van der Waals surface area contributed by atoms with E-state index in [4.69, 9.17) is 14.2 Å². The highest BCUT2D eigenvalue weighted by molar-refractivity contribution is 6.01. The smallest absolute Gasteiger partial charge is 0.342 e. The van der Waals surface area contributed by atoms with Gasteiger partial charge in [-0.25, -0.2) is 4.79 Å². The summed E-state index contributed by atoms with van der Waals surface area (Å²) in [7, 11) is 4.86. The highest BCUT2D eigenvalue weighted by Crippen LogP contribution is 2.25. The monoisotopic (exact) mass is 331 g/mol. The van der Waals surface area contributed by atoms with E-state index < -0.39 is 5.97 Å². The van der Waals surface area contributed by atoms with Gasteiger partial charge in [0, 0.05) is 30.1 Å². The Bertz CT molecular complexity index is 776. The Labute approximate surface area is 140 Å². The Morgan fingerprint density at radius 1 is 1.04 bits per heavy atom. The van der Waals surface area contributed by atoms with E-state index in [1.165, 1.54) is 14.2 Å². The van der Waals surface area contributed by atoms with Crippen LogP contribution in [0.3, 0.4) is 0 Å². The highest BCUT2D eigenvalue weighted by atomic mass is 16.5. The Morgan fingerprint density at radius 3 is 2.29 bits per heavy atom. The van der Waals surface area contributed by atoms with E-state index in [0.717, 1.165) is 11.4 Å². The highest BCUT2D eigenvalue weighted by Gasteiger charge is 2.19. The van der Waals surface area contributed by atoms with E-state index in [1.54, 1.807) is 24.3 Å². The summed E-state index contributed by atoms with van der Waals surface area (Å²) in [5.41, 5.74) is 2.62. The molecule has 0 saturated heterocycles. The molecule has 2 rings (SSSR count). The van der Waals surface area contributed by atoms with E-state index in [-0.39, 0.29) is 18.0 Å². The summed E-state index contributed by atoms with van der Waals surface area (Å²) in [5.74, 6) is 0.0404. The van der Waals surface area contributed by atoms with Crippen molar-refractivity contribution in [1.29, 1.82) is 0 Å². The molecule has 1 heterocycles. The number of hydrogen-bond donors (Lipinski definition) is 0. The van der Waals surface area contributed by atoms with Crippen molar-refractivity contribution < 1.29 is 23.8 Å². The first kappa shape index (κ1) is 17.6. The van der Waals surface area contributed by atoms with Crippen LogP contribution in [-0.4, -0.2) is 37.1 Å². The molecular formula is C18H21NO5. The first-order valence-electron chi connectivity index (χ1n) is 7.44. The zero-order valence-corrected chi connectivity index (χ0v) is 14.5. The van der Waals surface area contributed by atoms with Crippen molar-refractivity contribution in [3.05, 3.63) is 46.8 Å². The minimum atomic E-state index is -0.617. The second-order valence-electron chi connectivity index (χ2n) is 5.41. The van der Waals surface area contributed by atoms with Crippen LogP contribution in [0.4, 0.5) is 0 Å². The molecule has 0 radical (unpaired) electrons. The summed E-state index contributed by atoms with van der Waals surface area (Å²) in [6.07, 6.45) is 0. The number of carbonyl (C=O) groups excluding carboxylic acids is 2. The molecule has 0 fully saturated rings. The van der Waals surface area contributed by atoms with Gasteiger partial charge in [0.25, 0.3) is 0 Å². The second-order valence-corrected chi connectivity index (χ2v) is 5.41. The van der Waals surface area contributed by atoms with E-state index in [0.29, 0.717) is 17.1 Å². The van der Waals surface area contributed by atoms with Gasteiger partial charge in [-0.3, -0.25) is 4.79 Å². The van der Waals surface area contributed by atoms with Crippen LogP contribution >= 0.6 is 0 Å². The molecule has 0 saturated carbocycles. The van der Waals surface area contributed by atoms with Gasteiger partial charge in [-0.15, -0.1) is 0 Å². The molecule has 1 aromatic carbocycles. The predicted molar refractivity (Wildman–Crippen MR) is 89.0 cm³/mol. The quantitative estimate of drug-likeness (QED) is 0.601. The van der Waals surface area contributed by atoms with Gasteiger partial charge in [0.15, 0.2) is 6.61 Å². The molecule has 0 aliphatic heterocycles. The van der Waals surface area contributed by atoms with E-state index >= 15 is 0 Å². The maximum absolute atomic E-state index is 12.3. The summed E-state index contributed by atoms with van der Waals surface area (Å²) >= 11 is 0. The predicted octanol–water partition coefficient (Wildman–Crippen LogP) is 2.70. The molecule has 0 N–H and O–H groups in total. The molecule has 0 spiro atoms. The zero-order chi connectivity index (χ0) is 17.9. The van der Waals surface area contributed by atoms with Crippen LogP contribution in [0.25, 0.3) is 0 Å². The number of ether oxygens (including phenoxy) is 3. The van der Waals surface area contributed by atoms with Crippen LogP contribution in [0.1, 0.15) is 32.1 Å². The number of rotatable bonds is 6. The Hall–Kier alpha value is -2.76. The first-order chi connectivity index (χ1) is 11.4. The number of ketones is 1. The molecule has 0 aliphatic rings. The van der Waals surface area contributed by atoms with Crippen LogP contribution in [0.5, 0.6) is 11.5 Å². The van der Waals surface area contributed by atoms with Crippen LogP contribution < -0.4 is 9.47 Å². The third kappa shape index (κ3) is 3.42. The van der Waals surface area contributed by atoms with Crippen molar-refractivity contribution in [1.82, 2.24) is 4.57 Å². The van der Waals surface area contributed by atoms with Gasteiger partial charge in [0.2, 0.25) is 5.78 Å². The van der Waals surface area contributed by atoms with Gasteiger partial charge >= 0.3 is 5.97 Å². The third-order valence-corrected chi connectivity index (χ3v) is 4.04. The molecule has 0 unspecified atom stereocenters. The summed E-state index contributed by atoms with van der Waals surface area (Å²) in [6, 6.07) is 6.55. The summed E-state index contributed by atoms with van der Waals surface area (Å²) in [6.45, 7) is 3.45. The van der Waals surface area contributed by atoms with Crippen molar-refractivity contribution in [3.8, 4) is 11.5 Å². The molecule has 0 amide bonds. The van der Waals surface area contributed by atoms with Crippen molar-refractivity contribution in [2.75, 3.05) is 20.8 Å². The summed E-state index contributed by atoms with van der Waals surface area (Å²) in [5, 5.41) is 0. The van der Waals surface area contributed by atoms with Crippen LogP contribution in [0, 0.1) is 13.8 Å². The van der Waals surface area contributed by atoms with Crippen molar-refractivity contribution in [2.45, 2.75) is 13.8 Å². The van der Waals surface area contributed by atoms with Gasteiger partial charge in [-0.05, 0) is 32.0 Å². The number of carbonyl (C=O) groups is 2. The lowest BCUT2D eigenvalue weighted by molar-refractivity contribution is 0.0471. The third-order valence-electron chi connectivity index (χ3n) is 4.04. The lowest BCUT2D eigenvalue weighted by atomic mass is 10.1. The van der Waals surface area contributed by atoms with Crippen molar-refractivity contribution >= 4 is 11.8 Å². The number of nitrogens with zero attached hydrogens (tertiary/aromatic N) is 1. The normalized spacial score (nSPS) is 10.4. The van der Waals surface area contributed by atoms with Crippen LogP contribution in [-0.2, 0) is 11.8 Å². The number of aryl methyl sites for hydroxylation is 1. The van der Waals surface area contributed by atoms with Gasteiger partial charge < -0.3 is 18.8 Å². The lowest BCUT2D eigenvalue weighted by Gasteiger charge is -2.10. The number of methoxy groups -OCH3 is 2. The van der Waals surface area contributed by atoms with E-state index in [2.05, 4.69) is 0 Å². The molecule has 6 nitrogen and oxygen atoms in total. The van der Waals surface area contributed by atoms with E-state index in [9.17, 15) is 9.59 Å². The van der Waals surface area contributed by atoms with Gasteiger partial charge in [-0.1, -0.05) is 0 Å². The number of benzene rings is 1. The molecule has 0 bridgehead atoms. The van der Waals surface area contributed by atoms with Gasteiger partial charge in [-0.2, -0.15) is 0 Å². The fourth-order valence-corrected chi connectivity index (χ4v) is 2.39. The largest absolute Gasteiger partial charge is 0.497 e. The van der Waals surface area contributed by atoms with Gasteiger partial charge in [0.05, 0.1) is 14.2 Å². The van der Waals surface area contributed by atoms with Crippen LogP contribution in [0.2, 0.25) is 0 Å². The summed E-state index contributed by atoms with van der Waals surface area (Å²) in [4.78, 5) is 24.5. The molecule has 24 heavy (non-hydrogen) atoms. The number of aromatic nitrogens is 1.